The molecule has 0 bridgehead atoms. The Morgan fingerprint density at radius 1 is 0.755 bits per heavy atom. The van der Waals surface area contributed by atoms with E-state index in [9.17, 15) is 35.9 Å². The summed E-state index contributed by atoms with van der Waals surface area (Å²) in [5.41, 5.74) is -1.51. The standard InChI is InChI=1S/C36H28F6N4O3/c1-2-17-49-30-16-6-9-23(18-30)32-24(22-46(45-32)29-14-4-3-5-15-29)19-31(33(47)43-27-12-7-10-25(20-27)35(37,38)39)34(48)44-28-13-8-11-26(21-28)36(40,41)42/h3-16,18-22H,2,17H2,1H3,(H,43,47)(H,44,48). The highest BCUT2D eigenvalue weighted by molar-refractivity contribution is 6.29. The summed E-state index contributed by atoms with van der Waals surface area (Å²) >= 11 is 0. The number of alkyl halides is 6. The van der Waals surface area contributed by atoms with Gasteiger partial charge in [-0.25, -0.2) is 4.68 Å². The maximum absolute atomic E-state index is 13.7. The van der Waals surface area contributed by atoms with E-state index in [0.717, 1.165) is 30.7 Å². The first kappa shape index (κ1) is 34.5. The second kappa shape index (κ2) is 14.5. The third-order valence-electron chi connectivity index (χ3n) is 7.03. The van der Waals surface area contributed by atoms with Gasteiger partial charge in [0.05, 0.1) is 23.4 Å². The number of carbonyl (C=O) groups excluding carboxylic acids is 2. The minimum Gasteiger partial charge on any atom is -0.494 e. The van der Waals surface area contributed by atoms with E-state index in [1.807, 2.05) is 6.92 Å². The van der Waals surface area contributed by atoms with Crippen molar-refractivity contribution in [3.8, 4) is 22.7 Å². The van der Waals surface area contributed by atoms with Gasteiger partial charge in [0.2, 0.25) is 0 Å². The van der Waals surface area contributed by atoms with Crippen molar-refractivity contribution in [2.45, 2.75) is 25.7 Å². The van der Waals surface area contributed by atoms with Gasteiger partial charge in [-0.05, 0) is 73.2 Å². The summed E-state index contributed by atoms with van der Waals surface area (Å²) in [6, 6.07) is 23.4. The molecule has 4 aromatic carbocycles. The lowest BCUT2D eigenvalue weighted by molar-refractivity contribution is -0.138. The minimum atomic E-state index is -4.71. The number of hydrogen-bond donors (Lipinski definition) is 2. The third-order valence-corrected chi connectivity index (χ3v) is 7.03. The van der Waals surface area contributed by atoms with Gasteiger partial charge in [0.15, 0.2) is 0 Å². The molecule has 0 radical (unpaired) electrons. The highest BCUT2D eigenvalue weighted by atomic mass is 19.4. The summed E-state index contributed by atoms with van der Waals surface area (Å²) in [6.45, 7) is 2.40. The molecule has 49 heavy (non-hydrogen) atoms. The molecule has 1 aromatic heterocycles. The van der Waals surface area contributed by atoms with Crippen molar-refractivity contribution >= 4 is 29.3 Å². The van der Waals surface area contributed by atoms with Crippen molar-refractivity contribution < 1.29 is 40.7 Å². The van der Waals surface area contributed by atoms with Crippen LogP contribution in [0.3, 0.4) is 0 Å². The number of hydrogen-bond acceptors (Lipinski definition) is 4. The van der Waals surface area contributed by atoms with E-state index in [4.69, 9.17) is 9.84 Å². The van der Waals surface area contributed by atoms with Gasteiger partial charge in [0.25, 0.3) is 11.8 Å². The van der Waals surface area contributed by atoms with Crippen LogP contribution in [0.25, 0.3) is 23.0 Å². The van der Waals surface area contributed by atoms with Crippen molar-refractivity contribution in [2.24, 2.45) is 0 Å². The van der Waals surface area contributed by atoms with Crippen molar-refractivity contribution in [2.75, 3.05) is 17.2 Å². The number of carbonyl (C=O) groups is 2. The van der Waals surface area contributed by atoms with E-state index in [1.54, 1.807) is 60.8 Å². The number of benzene rings is 4. The molecule has 13 heteroatoms. The molecule has 1 heterocycles. The first-order valence-corrected chi connectivity index (χ1v) is 14.9. The van der Waals surface area contributed by atoms with Gasteiger partial charge in [0.1, 0.15) is 17.0 Å². The van der Waals surface area contributed by atoms with Crippen molar-refractivity contribution in [3.05, 3.63) is 132 Å². The molecular formula is C36H28F6N4O3. The van der Waals surface area contributed by atoms with Crippen molar-refractivity contribution in [1.29, 1.82) is 0 Å². The van der Waals surface area contributed by atoms with Gasteiger partial charge in [-0.15, -0.1) is 0 Å². The van der Waals surface area contributed by atoms with Gasteiger partial charge in [-0.1, -0.05) is 49.4 Å². The average Bonchev–Trinajstić information content (AvgIpc) is 3.50. The fourth-order valence-electron chi connectivity index (χ4n) is 4.72. The second-order valence-electron chi connectivity index (χ2n) is 10.7. The zero-order valence-corrected chi connectivity index (χ0v) is 25.8. The Balaban J connectivity index is 1.62. The SMILES string of the molecule is CCCOc1cccc(-c2nn(-c3ccccc3)cc2C=C(C(=O)Nc2cccc(C(F)(F)F)c2)C(=O)Nc2cccc(C(F)(F)F)c2)c1. The normalized spacial score (nSPS) is 11.5. The molecule has 0 saturated carbocycles. The Hall–Kier alpha value is -5.85. The van der Waals surface area contributed by atoms with E-state index in [1.165, 1.54) is 22.9 Å². The first-order valence-electron chi connectivity index (χ1n) is 14.9. The Morgan fingerprint density at radius 2 is 1.33 bits per heavy atom. The lowest BCUT2D eigenvalue weighted by Gasteiger charge is -2.13. The van der Waals surface area contributed by atoms with Gasteiger partial charge < -0.3 is 15.4 Å². The van der Waals surface area contributed by atoms with Gasteiger partial charge in [-0.2, -0.15) is 31.4 Å². The highest BCUT2D eigenvalue weighted by Gasteiger charge is 2.32. The topological polar surface area (TPSA) is 85.2 Å². The van der Waals surface area contributed by atoms with Crippen LogP contribution in [-0.4, -0.2) is 28.2 Å². The molecule has 0 aliphatic heterocycles. The van der Waals surface area contributed by atoms with Crippen molar-refractivity contribution in [1.82, 2.24) is 9.78 Å². The van der Waals surface area contributed by atoms with Crippen LogP contribution in [0.1, 0.15) is 30.0 Å². The summed E-state index contributed by atoms with van der Waals surface area (Å²) in [4.78, 5) is 27.4. The maximum Gasteiger partial charge on any atom is 0.416 e. The molecule has 2 N–H and O–H groups in total. The summed E-state index contributed by atoms with van der Waals surface area (Å²) in [5, 5.41) is 9.32. The quantitative estimate of drug-likeness (QED) is 0.0669. The van der Waals surface area contributed by atoms with Crippen LogP contribution in [0.4, 0.5) is 37.7 Å². The van der Waals surface area contributed by atoms with Crippen LogP contribution in [0.15, 0.2) is 115 Å². The number of amides is 2. The third kappa shape index (κ3) is 8.74. The number of halogens is 6. The Labute approximate surface area is 276 Å². The molecule has 0 atom stereocenters. The van der Waals surface area contributed by atoms with Crippen LogP contribution < -0.4 is 15.4 Å². The van der Waals surface area contributed by atoms with Crippen LogP contribution in [0, 0.1) is 0 Å². The number of nitrogens with zero attached hydrogens (tertiary/aromatic N) is 2. The lowest BCUT2D eigenvalue weighted by atomic mass is 10.0. The van der Waals surface area contributed by atoms with Crippen LogP contribution in [0.5, 0.6) is 5.75 Å². The zero-order valence-electron chi connectivity index (χ0n) is 25.8. The summed E-state index contributed by atoms with van der Waals surface area (Å²) in [6.07, 6.45) is -5.95. The number of aromatic nitrogens is 2. The number of ether oxygens (including phenoxy) is 1. The number of nitrogens with one attached hydrogen (secondary N) is 2. The average molecular weight is 679 g/mol. The monoisotopic (exact) mass is 678 g/mol. The smallest absolute Gasteiger partial charge is 0.416 e. The molecule has 0 aliphatic carbocycles. The second-order valence-corrected chi connectivity index (χ2v) is 10.7. The van der Waals surface area contributed by atoms with Gasteiger partial charge >= 0.3 is 12.4 Å². The Kier molecular flexibility index (Phi) is 10.2. The molecule has 5 rings (SSSR count). The van der Waals surface area contributed by atoms with Crippen LogP contribution in [0.2, 0.25) is 0 Å². The summed E-state index contributed by atoms with van der Waals surface area (Å²) in [5.74, 6) is -1.71. The number of anilines is 2. The molecule has 0 fully saturated rings. The molecule has 0 aliphatic rings. The molecule has 252 valence electrons. The molecule has 7 nitrogen and oxygen atoms in total. The number of para-hydroxylation sites is 1. The van der Waals surface area contributed by atoms with Gasteiger partial charge in [-0.3, -0.25) is 9.59 Å². The number of rotatable bonds is 10. The fraction of sp³-hybridized carbons (Fsp3) is 0.139. The zero-order chi connectivity index (χ0) is 35.2. The fourth-order valence-corrected chi connectivity index (χ4v) is 4.72. The summed E-state index contributed by atoms with van der Waals surface area (Å²) in [7, 11) is 0. The summed E-state index contributed by atoms with van der Waals surface area (Å²) < 4.78 is 87.7. The first-order chi connectivity index (χ1) is 23.3. The predicted octanol–water partition coefficient (Wildman–Crippen LogP) is 9.03. The molecule has 0 unspecified atom stereocenters. The predicted molar refractivity (Wildman–Crippen MR) is 173 cm³/mol. The van der Waals surface area contributed by atoms with E-state index >= 15 is 0 Å². The van der Waals surface area contributed by atoms with Crippen molar-refractivity contribution in [3.63, 3.8) is 0 Å². The van der Waals surface area contributed by atoms with Crippen LogP contribution in [-0.2, 0) is 21.9 Å². The van der Waals surface area contributed by atoms with Gasteiger partial charge in [0, 0.05) is 28.7 Å². The molecule has 5 aromatic rings. The largest absolute Gasteiger partial charge is 0.494 e. The van der Waals surface area contributed by atoms with E-state index in [0.29, 0.717) is 41.4 Å². The minimum absolute atomic E-state index is 0.241. The molecule has 2 amide bonds. The maximum atomic E-state index is 13.7. The van der Waals surface area contributed by atoms with E-state index in [2.05, 4.69) is 10.6 Å². The lowest BCUT2D eigenvalue weighted by Crippen LogP contribution is -2.25. The highest BCUT2D eigenvalue weighted by Crippen LogP contribution is 2.33. The van der Waals surface area contributed by atoms with Crippen LogP contribution >= 0.6 is 0 Å². The Morgan fingerprint density at radius 3 is 1.88 bits per heavy atom. The molecule has 0 saturated heterocycles. The molecule has 0 spiro atoms. The molecular weight excluding hydrogens is 650 g/mol. The Bertz CT molecular complexity index is 1910. The van der Waals surface area contributed by atoms with E-state index < -0.39 is 40.9 Å². The van der Waals surface area contributed by atoms with E-state index in [-0.39, 0.29) is 16.9 Å².